The molecule has 0 radical (unpaired) electrons. The fourth-order valence-electron chi connectivity index (χ4n) is 2.13. The zero-order valence-corrected chi connectivity index (χ0v) is 9.66. The van der Waals surface area contributed by atoms with Crippen LogP contribution in [0.2, 0.25) is 0 Å². The van der Waals surface area contributed by atoms with E-state index in [9.17, 15) is 13.9 Å². The Morgan fingerprint density at radius 1 is 1.19 bits per heavy atom. The summed E-state index contributed by atoms with van der Waals surface area (Å²) in [6.45, 7) is 3.42. The van der Waals surface area contributed by atoms with Gasteiger partial charge >= 0.3 is 0 Å². The highest BCUT2D eigenvalue weighted by atomic mass is 19.3. The fraction of sp³-hybridized carbons (Fsp3) is 0.538. The summed E-state index contributed by atoms with van der Waals surface area (Å²) >= 11 is 0. The number of benzene rings is 1. The van der Waals surface area contributed by atoms with Gasteiger partial charge in [-0.15, -0.1) is 0 Å². The number of alkyl halides is 2. The van der Waals surface area contributed by atoms with Crippen LogP contribution in [0.15, 0.2) is 30.3 Å². The summed E-state index contributed by atoms with van der Waals surface area (Å²) in [7, 11) is 0. The van der Waals surface area contributed by atoms with Gasteiger partial charge in [0.05, 0.1) is 11.5 Å². The second-order valence-electron chi connectivity index (χ2n) is 3.99. The lowest BCUT2D eigenvalue weighted by Crippen LogP contribution is -2.38. The minimum atomic E-state index is -2.50. The smallest absolute Gasteiger partial charge is 0.244 e. The summed E-state index contributed by atoms with van der Waals surface area (Å²) < 4.78 is 25.8. The molecule has 1 aromatic carbocycles. The summed E-state index contributed by atoms with van der Waals surface area (Å²) in [6, 6.07) is 8.73. The first-order chi connectivity index (χ1) is 7.56. The highest BCUT2D eigenvalue weighted by molar-refractivity contribution is 5.23. The van der Waals surface area contributed by atoms with Crippen LogP contribution in [0, 0.1) is 5.92 Å². The Kier molecular flexibility index (Phi) is 4.42. The predicted octanol–water partition coefficient (Wildman–Crippen LogP) is 3.58. The highest BCUT2D eigenvalue weighted by Gasteiger charge is 2.40. The first-order valence-corrected chi connectivity index (χ1v) is 5.62. The Morgan fingerprint density at radius 3 is 2.12 bits per heavy atom. The van der Waals surface area contributed by atoms with Gasteiger partial charge in [0, 0.05) is 0 Å². The molecule has 0 fully saturated rings. The first kappa shape index (κ1) is 13.1. The average molecular weight is 228 g/mol. The largest absolute Gasteiger partial charge is 0.385 e. The Morgan fingerprint density at radius 2 is 1.75 bits per heavy atom. The monoisotopic (exact) mass is 228 g/mol. The molecule has 0 saturated carbocycles. The van der Waals surface area contributed by atoms with Gasteiger partial charge < -0.3 is 5.11 Å². The maximum absolute atomic E-state index is 12.9. The second kappa shape index (κ2) is 5.39. The van der Waals surface area contributed by atoms with E-state index in [1.165, 1.54) is 0 Å². The quantitative estimate of drug-likeness (QED) is 0.816. The fourth-order valence-corrected chi connectivity index (χ4v) is 2.13. The number of aliphatic hydroxyl groups is 1. The number of rotatable bonds is 5. The number of hydrogen-bond acceptors (Lipinski definition) is 1. The van der Waals surface area contributed by atoms with E-state index in [0.717, 1.165) is 0 Å². The Balaban J connectivity index is 3.10. The van der Waals surface area contributed by atoms with Crippen LogP contribution in [0.1, 0.15) is 32.3 Å². The van der Waals surface area contributed by atoms with Gasteiger partial charge in [-0.2, -0.15) is 0 Å². The van der Waals surface area contributed by atoms with Gasteiger partial charge in [-0.25, -0.2) is 8.78 Å². The molecule has 16 heavy (non-hydrogen) atoms. The summed E-state index contributed by atoms with van der Waals surface area (Å²) in [6.07, 6.45) is -1.95. The Labute approximate surface area is 95.1 Å². The molecule has 3 heteroatoms. The molecule has 0 spiro atoms. The molecule has 0 aliphatic rings. The zero-order valence-electron chi connectivity index (χ0n) is 9.66. The van der Waals surface area contributed by atoms with Gasteiger partial charge in [0.25, 0.3) is 0 Å². The lowest BCUT2D eigenvalue weighted by Gasteiger charge is -2.35. The van der Waals surface area contributed by atoms with E-state index in [4.69, 9.17) is 0 Å². The third kappa shape index (κ3) is 2.40. The van der Waals surface area contributed by atoms with E-state index in [-0.39, 0.29) is 6.42 Å². The minimum Gasteiger partial charge on any atom is -0.385 e. The molecule has 0 heterocycles. The van der Waals surface area contributed by atoms with Crippen LogP contribution in [0.4, 0.5) is 8.78 Å². The molecule has 0 aliphatic heterocycles. The SMILES string of the molecule is CCC(C(F)F)C(O)(CC)c1ccccc1. The number of halogens is 2. The van der Waals surface area contributed by atoms with Crippen molar-refractivity contribution in [2.75, 3.05) is 0 Å². The normalized spacial score (nSPS) is 17.1. The molecular weight excluding hydrogens is 210 g/mol. The van der Waals surface area contributed by atoms with E-state index >= 15 is 0 Å². The van der Waals surface area contributed by atoms with Crippen LogP contribution in [-0.4, -0.2) is 11.5 Å². The molecule has 1 aromatic rings. The molecule has 2 unspecified atom stereocenters. The van der Waals surface area contributed by atoms with Crippen molar-refractivity contribution in [3.63, 3.8) is 0 Å². The third-order valence-corrected chi connectivity index (χ3v) is 3.17. The van der Waals surface area contributed by atoms with Crippen molar-refractivity contribution in [1.82, 2.24) is 0 Å². The summed E-state index contributed by atoms with van der Waals surface area (Å²) in [5, 5.41) is 10.4. The van der Waals surface area contributed by atoms with Crippen LogP contribution in [0.5, 0.6) is 0 Å². The van der Waals surface area contributed by atoms with Gasteiger partial charge in [0.15, 0.2) is 0 Å². The molecule has 0 saturated heterocycles. The summed E-state index contributed by atoms with van der Waals surface area (Å²) in [4.78, 5) is 0. The van der Waals surface area contributed by atoms with Gasteiger partial charge in [0.2, 0.25) is 6.43 Å². The average Bonchev–Trinajstić information content (AvgIpc) is 2.30. The first-order valence-electron chi connectivity index (χ1n) is 5.62. The minimum absolute atomic E-state index is 0.261. The molecule has 90 valence electrons. The van der Waals surface area contributed by atoms with Crippen LogP contribution in [-0.2, 0) is 5.60 Å². The molecule has 1 nitrogen and oxygen atoms in total. The van der Waals surface area contributed by atoms with Gasteiger partial charge in [0.1, 0.15) is 0 Å². The van der Waals surface area contributed by atoms with E-state index in [1.54, 1.807) is 38.1 Å². The molecule has 1 rings (SSSR count). The zero-order chi connectivity index (χ0) is 12.2. The van der Waals surface area contributed by atoms with Crippen LogP contribution >= 0.6 is 0 Å². The van der Waals surface area contributed by atoms with Crippen LogP contribution in [0.25, 0.3) is 0 Å². The summed E-state index contributed by atoms with van der Waals surface area (Å²) in [5.41, 5.74) is -0.853. The van der Waals surface area contributed by atoms with Crippen LogP contribution < -0.4 is 0 Å². The molecule has 0 amide bonds. The van der Waals surface area contributed by atoms with Gasteiger partial charge in [-0.1, -0.05) is 44.2 Å². The Bertz CT molecular complexity index is 313. The molecule has 1 N–H and O–H groups in total. The van der Waals surface area contributed by atoms with Crippen molar-refractivity contribution in [3.05, 3.63) is 35.9 Å². The highest BCUT2D eigenvalue weighted by Crippen LogP contribution is 2.38. The lowest BCUT2D eigenvalue weighted by atomic mass is 9.78. The van der Waals surface area contributed by atoms with Crippen LogP contribution in [0.3, 0.4) is 0 Å². The maximum atomic E-state index is 12.9. The van der Waals surface area contributed by atoms with E-state index in [2.05, 4.69) is 0 Å². The standard InChI is InChI=1S/C13H18F2O/c1-3-11(12(14)15)13(16,4-2)10-8-6-5-7-9-10/h5-9,11-12,16H,3-4H2,1-2H3. The number of hydrogen-bond donors (Lipinski definition) is 1. The lowest BCUT2D eigenvalue weighted by molar-refractivity contribution is -0.0944. The van der Waals surface area contributed by atoms with E-state index in [0.29, 0.717) is 12.0 Å². The van der Waals surface area contributed by atoms with Crippen molar-refractivity contribution in [2.24, 2.45) is 5.92 Å². The maximum Gasteiger partial charge on any atom is 0.244 e. The van der Waals surface area contributed by atoms with E-state index < -0.39 is 17.9 Å². The molecule has 2 atom stereocenters. The van der Waals surface area contributed by atoms with Crippen molar-refractivity contribution in [1.29, 1.82) is 0 Å². The van der Waals surface area contributed by atoms with Gasteiger partial charge in [-0.3, -0.25) is 0 Å². The summed E-state index contributed by atoms with van der Waals surface area (Å²) in [5.74, 6) is -1.01. The van der Waals surface area contributed by atoms with Gasteiger partial charge in [-0.05, 0) is 18.4 Å². The van der Waals surface area contributed by atoms with Crippen molar-refractivity contribution in [2.45, 2.75) is 38.7 Å². The molecular formula is C13H18F2O. The molecule has 0 bridgehead atoms. The van der Waals surface area contributed by atoms with E-state index in [1.807, 2.05) is 6.07 Å². The topological polar surface area (TPSA) is 20.2 Å². The van der Waals surface area contributed by atoms with Crippen molar-refractivity contribution < 1.29 is 13.9 Å². The second-order valence-corrected chi connectivity index (χ2v) is 3.99. The van der Waals surface area contributed by atoms with Crippen molar-refractivity contribution in [3.8, 4) is 0 Å². The molecule has 0 aliphatic carbocycles. The molecule has 0 aromatic heterocycles. The third-order valence-electron chi connectivity index (χ3n) is 3.17. The Hall–Kier alpha value is -0.960. The van der Waals surface area contributed by atoms with Crippen molar-refractivity contribution >= 4 is 0 Å². The predicted molar refractivity (Wildman–Crippen MR) is 60.4 cm³/mol.